The molecule has 112 valence electrons. The van der Waals surface area contributed by atoms with E-state index in [4.69, 9.17) is 10.5 Å². The van der Waals surface area contributed by atoms with E-state index < -0.39 is 15.9 Å². The maximum absolute atomic E-state index is 12.4. The number of aryl methyl sites for hydroxylation is 2. The predicted octanol–water partition coefficient (Wildman–Crippen LogP) is 1.90. The fourth-order valence-corrected chi connectivity index (χ4v) is 4.39. The van der Waals surface area contributed by atoms with Gasteiger partial charge >= 0.3 is 0 Å². The third kappa shape index (κ3) is 3.59. The zero-order chi connectivity index (χ0) is 14.8. The maximum atomic E-state index is 12.4. The summed E-state index contributed by atoms with van der Waals surface area (Å²) in [5, 5.41) is -0.297. The summed E-state index contributed by atoms with van der Waals surface area (Å²) in [5.74, 6) is 0.0141. The van der Waals surface area contributed by atoms with Gasteiger partial charge < -0.3 is 10.5 Å². The van der Waals surface area contributed by atoms with E-state index in [1.165, 1.54) is 5.56 Å². The highest BCUT2D eigenvalue weighted by atomic mass is 32.2. The first-order chi connectivity index (χ1) is 9.40. The van der Waals surface area contributed by atoms with Gasteiger partial charge in [-0.05, 0) is 43.4 Å². The quantitative estimate of drug-likeness (QED) is 0.921. The van der Waals surface area contributed by atoms with E-state index in [0.717, 1.165) is 11.1 Å². The number of hydrogen-bond donors (Lipinski definition) is 1. The van der Waals surface area contributed by atoms with E-state index in [-0.39, 0.29) is 11.0 Å². The van der Waals surface area contributed by atoms with Gasteiger partial charge in [0, 0.05) is 19.3 Å². The lowest BCUT2D eigenvalue weighted by Gasteiger charge is -2.24. The minimum absolute atomic E-state index is 0.0141. The number of hydrogen-bond acceptors (Lipinski definition) is 4. The first-order valence-corrected chi connectivity index (χ1v) is 8.74. The van der Waals surface area contributed by atoms with Gasteiger partial charge in [0.25, 0.3) is 0 Å². The molecule has 1 fully saturated rings. The van der Waals surface area contributed by atoms with E-state index >= 15 is 0 Å². The van der Waals surface area contributed by atoms with Crippen molar-refractivity contribution in [3.63, 3.8) is 0 Å². The smallest absolute Gasteiger partial charge is 0.155 e. The molecule has 5 heteroatoms. The summed E-state index contributed by atoms with van der Waals surface area (Å²) in [6, 6.07) is 5.44. The summed E-state index contributed by atoms with van der Waals surface area (Å²) >= 11 is 0. The lowest BCUT2D eigenvalue weighted by Crippen LogP contribution is -2.34. The number of sulfone groups is 1. The molecule has 0 aromatic heterocycles. The van der Waals surface area contributed by atoms with Crippen LogP contribution in [0.3, 0.4) is 0 Å². The van der Waals surface area contributed by atoms with Crippen molar-refractivity contribution in [3.05, 3.63) is 34.9 Å². The second-order valence-electron chi connectivity index (χ2n) is 5.59. The van der Waals surface area contributed by atoms with Gasteiger partial charge in [-0.3, -0.25) is 0 Å². The number of benzene rings is 1. The summed E-state index contributed by atoms with van der Waals surface area (Å²) in [6.45, 7) is 5.10. The molecule has 4 nitrogen and oxygen atoms in total. The van der Waals surface area contributed by atoms with Crippen LogP contribution < -0.4 is 5.73 Å². The Morgan fingerprint density at radius 2 is 1.90 bits per heavy atom. The summed E-state index contributed by atoms with van der Waals surface area (Å²) in [6.07, 6.45) is 1.17. The van der Waals surface area contributed by atoms with Crippen LogP contribution in [0.5, 0.6) is 0 Å². The fourth-order valence-electron chi connectivity index (χ4n) is 2.51. The molecule has 20 heavy (non-hydrogen) atoms. The molecule has 0 amide bonds. The molecule has 1 heterocycles. The third-order valence-corrected chi connectivity index (χ3v) is 6.36. The van der Waals surface area contributed by atoms with Crippen LogP contribution in [-0.2, 0) is 14.6 Å². The fraction of sp³-hybridized carbons (Fsp3) is 0.600. The van der Waals surface area contributed by atoms with Crippen molar-refractivity contribution in [1.82, 2.24) is 0 Å². The van der Waals surface area contributed by atoms with Crippen LogP contribution in [0.4, 0.5) is 0 Å². The summed E-state index contributed by atoms with van der Waals surface area (Å²) in [7, 11) is -3.16. The van der Waals surface area contributed by atoms with Crippen molar-refractivity contribution >= 4 is 9.84 Å². The second-order valence-corrected chi connectivity index (χ2v) is 7.92. The van der Waals surface area contributed by atoms with Crippen LogP contribution in [0.25, 0.3) is 0 Å². The molecule has 1 aromatic rings. The molecule has 2 N–H and O–H groups in total. The first-order valence-electron chi connectivity index (χ1n) is 7.02. The molecule has 0 bridgehead atoms. The molecule has 0 aliphatic carbocycles. The molecule has 0 spiro atoms. The Kier molecular flexibility index (Phi) is 4.83. The van der Waals surface area contributed by atoms with Crippen molar-refractivity contribution in [3.8, 4) is 0 Å². The zero-order valence-electron chi connectivity index (χ0n) is 12.1. The number of rotatable bonds is 4. The van der Waals surface area contributed by atoms with Crippen LogP contribution in [0, 0.1) is 13.8 Å². The molecule has 1 saturated heterocycles. The van der Waals surface area contributed by atoms with Crippen molar-refractivity contribution in [2.24, 2.45) is 5.73 Å². The Morgan fingerprint density at radius 3 is 2.50 bits per heavy atom. The average Bonchev–Trinajstić information content (AvgIpc) is 2.42. The lowest BCUT2D eigenvalue weighted by molar-refractivity contribution is 0.0983. The van der Waals surface area contributed by atoms with E-state index in [0.29, 0.717) is 26.1 Å². The molecule has 1 aliphatic heterocycles. The molecule has 1 aromatic carbocycles. The molecule has 2 rings (SSSR count). The van der Waals surface area contributed by atoms with Crippen LogP contribution in [-0.4, -0.2) is 32.6 Å². The average molecular weight is 297 g/mol. The Labute approximate surface area is 121 Å². The Bertz CT molecular complexity index is 562. The van der Waals surface area contributed by atoms with Gasteiger partial charge in [0.05, 0.1) is 11.0 Å². The largest absolute Gasteiger partial charge is 0.381 e. The number of nitrogens with two attached hydrogens (primary N) is 1. The molecular weight excluding hydrogens is 274 g/mol. The molecule has 1 aliphatic rings. The zero-order valence-corrected chi connectivity index (χ0v) is 12.9. The minimum Gasteiger partial charge on any atom is -0.381 e. The van der Waals surface area contributed by atoms with Gasteiger partial charge in [0.1, 0.15) is 0 Å². The standard InChI is InChI=1S/C15H23NO3S/c1-11-3-4-13(9-12(11)2)15(16)10-20(17,18)14-5-7-19-8-6-14/h3-4,9,14-15H,5-8,10,16H2,1-2H3. The molecule has 0 radical (unpaired) electrons. The van der Waals surface area contributed by atoms with Crippen molar-refractivity contribution < 1.29 is 13.2 Å². The van der Waals surface area contributed by atoms with Gasteiger partial charge in [0.15, 0.2) is 9.84 Å². The topological polar surface area (TPSA) is 69.4 Å². The van der Waals surface area contributed by atoms with E-state index in [1.807, 2.05) is 32.0 Å². The van der Waals surface area contributed by atoms with Crippen molar-refractivity contribution in [2.75, 3.05) is 19.0 Å². The monoisotopic (exact) mass is 297 g/mol. The predicted molar refractivity (Wildman–Crippen MR) is 80.5 cm³/mol. The van der Waals surface area contributed by atoms with Crippen molar-refractivity contribution in [1.29, 1.82) is 0 Å². The van der Waals surface area contributed by atoms with Gasteiger partial charge in [-0.1, -0.05) is 18.2 Å². The Hall–Kier alpha value is -0.910. The van der Waals surface area contributed by atoms with E-state index in [9.17, 15) is 8.42 Å². The first kappa shape index (κ1) is 15.5. The summed E-state index contributed by atoms with van der Waals surface area (Å²) in [5.41, 5.74) is 9.32. The normalized spacial score (nSPS) is 18.9. The highest BCUT2D eigenvalue weighted by molar-refractivity contribution is 7.92. The van der Waals surface area contributed by atoms with Crippen LogP contribution in [0.1, 0.15) is 35.6 Å². The van der Waals surface area contributed by atoms with Crippen LogP contribution in [0.15, 0.2) is 18.2 Å². The maximum Gasteiger partial charge on any atom is 0.155 e. The Balaban J connectivity index is 2.09. The lowest BCUT2D eigenvalue weighted by atomic mass is 10.0. The van der Waals surface area contributed by atoms with Crippen LogP contribution >= 0.6 is 0 Å². The summed E-state index contributed by atoms with van der Waals surface area (Å²) < 4.78 is 30.0. The highest BCUT2D eigenvalue weighted by Gasteiger charge is 2.29. The van der Waals surface area contributed by atoms with Gasteiger partial charge in [-0.15, -0.1) is 0 Å². The van der Waals surface area contributed by atoms with E-state index in [2.05, 4.69) is 0 Å². The van der Waals surface area contributed by atoms with Crippen molar-refractivity contribution in [2.45, 2.75) is 38.0 Å². The van der Waals surface area contributed by atoms with Gasteiger partial charge in [-0.25, -0.2) is 8.42 Å². The highest BCUT2D eigenvalue weighted by Crippen LogP contribution is 2.22. The Morgan fingerprint density at radius 1 is 1.25 bits per heavy atom. The molecular formula is C15H23NO3S. The second kappa shape index (κ2) is 6.24. The molecule has 0 saturated carbocycles. The van der Waals surface area contributed by atoms with E-state index in [1.54, 1.807) is 0 Å². The SMILES string of the molecule is Cc1ccc(C(N)CS(=O)(=O)C2CCOCC2)cc1C. The molecule has 1 unspecified atom stereocenters. The minimum atomic E-state index is -3.16. The number of ether oxygens (including phenoxy) is 1. The summed E-state index contributed by atoms with van der Waals surface area (Å²) in [4.78, 5) is 0. The van der Waals surface area contributed by atoms with Gasteiger partial charge in [0.2, 0.25) is 0 Å². The third-order valence-electron chi connectivity index (χ3n) is 4.05. The van der Waals surface area contributed by atoms with Gasteiger partial charge in [-0.2, -0.15) is 0 Å². The van der Waals surface area contributed by atoms with Crippen LogP contribution in [0.2, 0.25) is 0 Å². The molecule has 1 atom stereocenters.